The van der Waals surface area contributed by atoms with E-state index in [1.165, 1.54) is 16.7 Å². The number of ether oxygens (including phenoxy) is 1. The van der Waals surface area contributed by atoms with E-state index in [1.807, 2.05) is 6.20 Å². The van der Waals surface area contributed by atoms with E-state index in [2.05, 4.69) is 349 Å². The number of pyridine rings is 1. The van der Waals surface area contributed by atoms with Gasteiger partial charge in [-0.05, 0) is 69.3 Å². The summed E-state index contributed by atoms with van der Waals surface area (Å²) < 4.78 is 13.1. The van der Waals surface area contributed by atoms with Crippen molar-refractivity contribution in [1.29, 1.82) is 0 Å². The maximum absolute atomic E-state index is 7.27. The van der Waals surface area contributed by atoms with Crippen LogP contribution >= 0.6 is 0 Å². The third-order valence-corrected chi connectivity index (χ3v) is 17.5. The average Bonchev–Trinajstić information content (AvgIpc) is 2.26. The summed E-state index contributed by atoms with van der Waals surface area (Å²) in [7, 11) is 0. The first-order chi connectivity index (χ1) is 41.0. The second-order valence-corrected chi connectivity index (χ2v) is 26.3. The normalized spacial score (nSPS) is 12.6. The fraction of sp³-hybridized carbons (Fsp3) is 0.154. The molecular weight excluding hydrogens is 1220 g/mol. The van der Waals surface area contributed by atoms with Crippen molar-refractivity contribution in [3.63, 3.8) is 0 Å². The van der Waals surface area contributed by atoms with E-state index in [4.69, 9.17) is 9.72 Å². The van der Waals surface area contributed by atoms with Crippen LogP contribution < -0.4 is 14.5 Å². The van der Waals surface area contributed by atoms with Crippen LogP contribution in [0.15, 0.2) is 255 Å². The fourth-order valence-electron chi connectivity index (χ4n) is 12.0. The Hall–Kier alpha value is -9.09. The molecule has 0 bridgehead atoms. The number of aromatic nitrogens is 3. The van der Waals surface area contributed by atoms with Crippen molar-refractivity contribution in [1.82, 2.24) is 14.1 Å². The number of imidazole rings is 1. The third-order valence-electron chi connectivity index (χ3n) is 16.4. The number of hydrogen-bond acceptors (Lipinski definition) is 4. The molecule has 3 heterocycles. The molecule has 0 radical (unpaired) electrons. The molecule has 85 heavy (non-hydrogen) atoms. The van der Waals surface area contributed by atoms with Crippen molar-refractivity contribution in [3.05, 3.63) is 275 Å². The molecule has 6 nitrogen and oxygen atoms in total. The Morgan fingerprint density at radius 3 is 1.41 bits per heavy atom. The van der Waals surface area contributed by atoms with Crippen molar-refractivity contribution in [2.24, 2.45) is 0 Å². The van der Waals surface area contributed by atoms with Crippen LogP contribution in [0.2, 0.25) is 0 Å². The van der Waals surface area contributed by atoms with Gasteiger partial charge in [-0.25, -0.2) is 0 Å². The molecule has 0 saturated carbocycles. The Kier molecular flexibility index (Phi) is 14.2. The van der Waals surface area contributed by atoms with Gasteiger partial charge < -0.3 is 4.90 Å². The van der Waals surface area contributed by atoms with Crippen LogP contribution in [0.25, 0.3) is 66.9 Å². The van der Waals surface area contributed by atoms with Gasteiger partial charge >= 0.3 is 306 Å². The second-order valence-electron chi connectivity index (χ2n) is 25.3. The Bertz CT molecular complexity index is 4480. The molecule has 0 N–H and O–H groups in total. The zero-order chi connectivity index (χ0) is 58.8. The Balaban J connectivity index is 1.04. The summed E-state index contributed by atoms with van der Waals surface area (Å²) in [4.78, 5) is 10.2. The number of fused-ring (bicyclic) bond motifs is 7. The van der Waals surface area contributed by atoms with Crippen LogP contribution in [0, 0.1) is 3.80 Å². The van der Waals surface area contributed by atoms with Gasteiger partial charge in [-0.15, -0.1) is 0 Å². The molecule has 0 saturated heterocycles. The number of rotatable bonds is 8. The third kappa shape index (κ3) is 10.4. The van der Waals surface area contributed by atoms with Crippen LogP contribution in [-0.4, -0.2) is 14.1 Å². The summed E-state index contributed by atoms with van der Waals surface area (Å²) in [5.74, 6) is 2.22. The number of benzene rings is 10. The van der Waals surface area contributed by atoms with Crippen LogP contribution in [-0.2, 0) is 35.6 Å². The van der Waals surface area contributed by atoms with Gasteiger partial charge in [0.15, 0.2) is 0 Å². The summed E-state index contributed by atoms with van der Waals surface area (Å²) in [6.45, 7) is 20.6. The van der Waals surface area contributed by atoms with E-state index in [-0.39, 0.29) is 16.2 Å². The first-order valence-electron chi connectivity index (χ1n) is 29.3. The molecule has 12 aromatic rings. The second kappa shape index (κ2) is 21.8. The summed E-state index contributed by atoms with van der Waals surface area (Å²) in [6, 6.07) is 90.2. The van der Waals surface area contributed by atoms with Crippen molar-refractivity contribution < 1.29 is 24.1 Å². The molecule has 1 aliphatic rings. The van der Waals surface area contributed by atoms with E-state index in [0.29, 0.717) is 11.5 Å². The zero-order valence-corrected chi connectivity index (χ0v) is 52.0. The molecule has 0 spiro atoms. The van der Waals surface area contributed by atoms with Crippen molar-refractivity contribution in [2.45, 2.75) is 78.6 Å². The van der Waals surface area contributed by atoms with E-state index in [9.17, 15) is 0 Å². The van der Waals surface area contributed by atoms with Crippen LogP contribution in [0.3, 0.4) is 0 Å². The van der Waals surface area contributed by atoms with E-state index >= 15 is 0 Å². The van der Waals surface area contributed by atoms with E-state index in [1.54, 1.807) is 0 Å². The van der Waals surface area contributed by atoms with Gasteiger partial charge in [0.25, 0.3) is 0 Å². The minimum absolute atomic E-state index is 0.123. The molecule has 422 valence electrons. The molecule has 13 rings (SSSR count). The Morgan fingerprint density at radius 1 is 0.341 bits per heavy atom. The Morgan fingerprint density at radius 2 is 0.812 bits per heavy atom. The van der Waals surface area contributed by atoms with Gasteiger partial charge in [0.05, 0.1) is 5.69 Å². The van der Waals surface area contributed by atoms with Gasteiger partial charge in [0, 0.05) is 17.4 Å². The molecule has 0 aliphatic carbocycles. The first-order valence-corrected chi connectivity index (χ1v) is 30.5. The number of para-hydroxylation sites is 5. The van der Waals surface area contributed by atoms with E-state index < -0.39 is 0 Å². The van der Waals surface area contributed by atoms with Gasteiger partial charge in [0.1, 0.15) is 0 Å². The predicted molar refractivity (Wildman–Crippen MR) is 351 cm³/mol. The van der Waals surface area contributed by atoms with E-state index in [0.717, 1.165) is 105 Å². The molecule has 0 fully saturated rings. The van der Waals surface area contributed by atoms with Crippen molar-refractivity contribution in [3.8, 4) is 67.4 Å². The van der Waals surface area contributed by atoms with Gasteiger partial charge in [-0.1, -0.05) is 111 Å². The van der Waals surface area contributed by atoms with Gasteiger partial charge in [-0.2, -0.15) is 0 Å². The van der Waals surface area contributed by atoms with Crippen molar-refractivity contribution >= 4 is 45.3 Å². The minimum atomic E-state index is -0.151. The molecule has 2 aromatic heterocycles. The predicted octanol–water partition coefficient (Wildman–Crippen LogP) is 21.5. The Labute approximate surface area is 511 Å². The quantitative estimate of drug-likeness (QED) is 0.152. The SMILES string of the molecule is CC(C)(C)c1ccnc(N2c3ccccc3-c3cc(C(C)(C)C)ccc3N(c3ccccc3)c3ccc(C(C)(C)C)cc3-c3ccc(Oc4cccc(-n5[c](=[Pt])n(-c6c(-c7ccccc7)cccc6-c6ccccc6)c6ccccc65)c4)cc32)c1. The number of nitrogens with zero attached hydrogens (tertiary/aromatic N) is 5. The fourth-order valence-corrected chi connectivity index (χ4v) is 13.1. The zero-order valence-electron chi connectivity index (χ0n) is 49.7. The van der Waals surface area contributed by atoms with Gasteiger partial charge in [-0.3, -0.25) is 0 Å². The molecule has 1 aliphatic heterocycles. The van der Waals surface area contributed by atoms with Crippen molar-refractivity contribution in [2.75, 3.05) is 9.80 Å². The summed E-state index contributed by atoms with van der Waals surface area (Å²) in [5, 5.41) is 0. The monoisotopic (exact) mass is 1290 g/mol. The summed E-state index contributed by atoms with van der Waals surface area (Å²) >= 11 is 2.52. The standard InChI is InChI=1S/C78H69N5O.Pt/c1-76(2,3)55-39-43-69-66(47-55)64-33-19-20-36-68(64)83(74-49-57(45-46-79-74)78(7,8)9)73-51-61(41-42-65(73)67-48-56(77(4,5)6)40-44-70(67)82(69)58-29-17-12-18-30-58)84-60-32-23-31-59(50-60)80-52-81(72-38-22-21-37-71(72)80)75-62(53-25-13-10-14-26-53)34-24-35-63(75)54-27-15-11-16-28-54;/h10-51H,1-9H3;. The molecule has 0 atom stereocenters. The van der Waals surface area contributed by atoms with Gasteiger partial charge in [0.2, 0.25) is 0 Å². The average molecular weight is 1290 g/mol. The molecule has 7 heteroatoms. The summed E-state index contributed by atoms with van der Waals surface area (Å²) in [5.41, 5.74) is 21.6. The molecular formula is C78H69N5OPt. The van der Waals surface area contributed by atoms with Crippen LogP contribution in [0.4, 0.5) is 34.3 Å². The molecule has 0 amide bonds. The number of hydrogen-bond donors (Lipinski definition) is 0. The maximum atomic E-state index is 7.27. The molecule has 0 unspecified atom stereocenters. The number of anilines is 6. The van der Waals surface area contributed by atoms with Crippen LogP contribution in [0.5, 0.6) is 11.5 Å². The molecule has 10 aromatic carbocycles. The topological polar surface area (TPSA) is 38.5 Å². The summed E-state index contributed by atoms with van der Waals surface area (Å²) in [6.07, 6.45) is 1.97. The first kappa shape index (κ1) is 55.1. The van der Waals surface area contributed by atoms with Crippen LogP contribution in [0.1, 0.15) is 79.0 Å².